The predicted molar refractivity (Wildman–Crippen MR) is 79.1 cm³/mol. The van der Waals surface area contributed by atoms with E-state index in [2.05, 4.69) is 10.1 Å². The van der Waals surface area contributed by atoms with Crippen LogP contribution in [0.15, 0.2) is 47.4 Å². The monoisotopic (exact) mass is 329 g/mol. The number of halogens is 3. The van der Waals surface area contributed by atoms with Gasteiger partial charge in [-0.15, -0.1) is 0 Å². The molecule has 0 aliphatic rings. The highest BCUT2D eigenvalue weighted by molar-refractivity contribution is 7.84. The average molecular weight is 329 g/mol. The minimum atomic E-state index is -3.06. The molecule has 0 heterocycles. The van der Waals surface area contributed by atoms with Crippen molar-refractivity contribution in [2.45, 2.75) is 18.1 Å². The van der Waals surface area contributed by atoms with E-state index < -0.39 is 29.0 Å². The lowest BCUT2D eigenvalue weighted by molar-refractivity contribution is -0.0522. The summed E-state index contributed by atoms with van der Waals surface area (Å²) in [5, 5.41) is 3.05. The molecule has 1 atom stereocenters. The van der Waals surface area contributed by atoms with Gasteiger partial charge in [-0.3, -0.25) is 4.21 Å². The number of ether oxygens (including phenoxy) is 1. The fraction of sp³-hybridized carbons (Fsp3) is 0.200. The van der Waals surface area contributed by atoms with Crippen molar-refractivity contribution in [3.05, 3.63) is 53.8 Å². The van der Waals surface area contributed by atoms with Gasteiger partial charge in [-0.05, 0) is 35.9 Å². The van der Waals surface area contributed by atoms with Gasteiger partial charge in [0.1, 0.15) is 0 Å². The molecule has 3 nitrogen and oxygen atoms in total. The van der Waals surface area contributed by atoms with E-state index in [0.717, 1.165) is 17.8 Å². The second kappa shape index (κ2) is 7.31. The third-order valence-corrected chi connectivity index (χ3v) is 3.79. The molecule has 22 heavy (non-hydrogen) atoms. The van der Waals surface area contributed by atoms with Gasteiger partial charge in [0.25, 0.3) is 0 Å². The summed E-state index contributed by atoms with van der Waals surface area (Å²) >= 11 is 0. The van der Waals surface area contributed by atoms with Crippen molar-refractivity contribution >= 4 is 16.5 Å². The third kappa shape index (κ3) is 4.49. The molecule has 0 fully saturated rings. The van der Waals surface area contributed by atoms with Crippen LogP contribution in [0.5, 0.6) is 5.75 Å². The first-order valence-electron chi connectivity index (χ1n) is 6.36. The number of anilines is 1. The van der Waals surface area contributed by atoms with Gasteiger partial charge >= 0.3 is 6.61 Å². The Bertz CT molecular complexity index is 680. The molecule has 0 amide bonds. The zero-order chi connectivity index (χ0) is 16.1. The molecule has 1 N–H and O–H groups in total. The Morgan fingerprint density at radius 3 is 2.64 bits per heavy atom. The molecule has 0 saturated carbocycles. The van der Waals surface area contributed by atoms with Crippen LogP contribution in [0.3, 0.4) is 0 Å². The third-order valence-electron chi connectivity index (χ3n) is 2.87. The van der Waals surface area contributed by atoms with Crippen LogP contribution in [0, 0.1) is 5.82 Å². The molecule has 0 bridgehead atoms. The van der Waals surface area contributed by atoms with Crippen molar-refractivity contribution in [1.29, 1.82) is 0 Å². The molecule has 0 unspecified atom stereocenters. The largest absolute Gasteiger partial charge is 0.432 e. The van der Waals surface area contributed by atoms with Gasteiger partial charge in [-0.25, -0.2) is 4.39 Å². The van der Waals surface area contributed by atoms with Crippen LogP contribution in [-0.4, -0.2) is 17.1 Å². The van der Waals surface area contributed by atoms with Crippen LogP contribution in [0.1, 0.15) is 5.56 Å². The first kappa shape index (κ1) is 16.4. The molecule has 0 aliphatic heterocycles. The standard InChI is InChI=1S/C15H14F3NO2S/c1-22(20)12-4-2-3-11(8-12)19-9-10-5-6-14(13(16)7-10)21-15(17)18/h2-8,15,19H,9H2,1H3/t22-/m1/s1. The van der Waals surface area contributed by atoms with E-state index in [-0.39, 0.29) is 0 Å². The molecule has 0 aliphatic carbocycles. The maximum Gasteiger partial charge on any atom is 0.387 e. The summed E-state index contributed by atoms with van der Waals surface area (Å²) in [5.74, 6) is -1.33. The molecule has 0 radical (unpaired) electrons. The normalized spacial score (nSPS) is 12.2. The van der Waals surface area contributed by atoms with Gasteiger partial charge in [0, 0.05) is 34.2 Å². The van der Waals surface area contributed by atoms with Gasteiger partial charge < -0.3 is 10.1 Å². The number of benzene rings is 2. The maximum atomic E-state index is 13.6. The molecule has 2 aromatic rings. The summed E-state index contributed by atoms with van der Waals surface area (Å²) in [5.41, 5.74) is 1.31. The molecule has 2 aromatic carbocycles. The number of hydrogen-bond donors (Lipinski definition) is 1. The fourth-order valence-corrected chi connectivity index (χ4v) is 2.40. The minimum Gasteiger partial charge on any atom is -0.432 e. The van der Waals surface area contributed by atoms with Crippen molar-refractivity contribution in [2.24, 2.45) is 0 Å². The number of rotatable bonds is 6. The van der Waals surface area contributed by atoms with Crippen molar-refractivity contribution < 1.29 is 22.1 Å². The predicted octanol–water partition coefficient (Wildman–Crippen LogP) is 3.78. The molecular formula is C15H14F3NO2S. The van der Waals surface area contributed by atoms with Gasteiger partial charge in [0.15, 0.2) is 11.6 Å². The van der Waals surface area contributed by atoms with E-state index in [1.165, 1.54) is 6.07 Å². The van der Waals surface area contributed by atoms with Crippen molar-refractivity contribution in [1.82, 2.24) is 0 Å². The number of hydrogen-bond acceptors (Lipinski definition) is 3. The number of nitrogens with one attached hydrogen (secondary N) is 1. The highest BCUT2D eigenvalue weighted by Gasteiger charge is 2.10. The van der Waals surface area contributed by atoms with Crippen LogP contribution in [0.4, 0.5) is 18.9 Å². The highest BCUT2D eigenvalue weighted by Crippen LogP contribution is 2.21. The van der Waals surface area contributed by atoms with E-state index >= 15 is 0 Å². The summed E-state index contributed by atoms with van der Waals surface area (Å²) in [7, 11) is -1.09. The van der Waals surface area contributed by atoms with Gasteiger partial charge in [-0.2, -0.15) is 8.78 Å². The van der Waals surface area contributed by atoms with Gasteiger partial charge in [0.05, 0.1) is 0 Å². The van der Waals surface area contributed by atoms with E-state index in [1.807, 2.05) is 0 Å². The second-order valence-electron chi connectivity index (χ2n) is 4.48. The Labute approximate surface area is 128 Å². The van der Waals surface area contributed by atoms with E-state index in [9.17, 15) is 17.4 Å². The van der Waals surface area contributed by atoms with Crippen LogP contribution in [-0.2, 0) is 17.3 Å². The summed E-state index contributed by atoms with van der Waals surface area (Å²) in [6.45, 7) is -2.76. The Balaban J connectivity index is 2.04. The highest BCUT2D eigenvalue weighted by atomic mass is 32.2. The first-order valence-corrected chi connectivity index (χ1v) is 7.92. The Morgan fingerprint density at radius 1 is 1.23 bits per heavy atom. The molecular weight excluding hydrogens is 315 g/mol. The lowest BCUT2D eigenvalue weighted by atomic mass is 10.2. The summed E-state index contributed by atoms with van der Waals surface area (Å²) in [6.07, 6.45) is 1.58. The Kier molecular flexibility index (Phi) is 5.43. The Morgan fingerprint density at radius 2 is 2.00 bits per heavy atom. The fourth-order valence-electron chi connectivity index (χ4n) is 1.83. The van der Waals surface area contributed by atoms with Crippen molar-refractivity contribution in [2.75, 3.05) is 11.6 Å². The van der Waals surface area contributed by atoms with Gasteiger partial charge in [0.2, 0.25) is 0 Å². The first-order chi connectivity index (χ1) is 10.5. The second-order valence-corrected chi connectivity index (χ2v) is 5.86. The smallest absolute Gasteiger partial charge is 0.387 e. The zero-order valence-electron chi connectivity index (χ0n) is 11.7. The van der Waals surface area contributed by atoms with Crippen LogP contribution in [0.25, 0.3) is 0 Å². The minimum absolute atomic E-state index is 0.297. The van der Waals surface area contributed by atoms with Crippen LogP contribution < -0.4 is 10.1 Å². The van der Waals surface area contributed by atoms with Crippen LogP contribution in [0.2, 0.25) is 0 Å². The van der Waals surface area contributed by atoms with E-state index in [1.54, 1.807) is 30.5 Å². The molecule has 0 aromatic heterocycles. The molecule has 7 heteroatoms. The molecule has 0 spiro atoms. The van der Waals surface area contributed by atoms with E-state index in [0.29, 0.717) is 17.0 Å². The lowest BCUT2D eigenvalue weighted by Gasteiger charge is -2.10. The quantitative estimate of drug-likeness (QED) is 0.876. The summed E-state index contributed by atoms with van der Waals surface area (Å²) in [6, 6.07) is 10.8. The van der Waals surface area contributed by atoms with Gasteiger partial charge in [-0.1, -0.05) is 12.1 Å². The van der Waals surface area contributed by atoms with Crippen molar-refractivity contribution in [3.8, 4) is 5.75 Å². The molecule has 118 valence electrons. The molecule has 2 rings (SSSR count). The maximum absolute atomic E-state index is 13.6. The van der Waals surface area contributed by atoms with Crippen LogP contribution >= 0.6 is 0 Å². The average Bonchev–Trinajstić information content (AvgIpc) is 2.47. The summed E-state index contributed by atoms with van der Waals surface area (Å²) < 4.78 is 53.1. The van der Waals surface area contributed by atoms with Crippen molar-refractivity contribution in [3.63, 3.8) is 0 Å². The lowest BCUT2D eigenvalue weighted by Crippen LogP contribution is -2.05. The molecule has 0 saturated heterocycles. The topological polar surface area (TPSA) is 38.3 Å². The number of alkyl halides is 2. The Hall–Kier alpha value is -2.02. The SMILES string of the molecule is C[S@@](=O)c1cccc(NCc2ccc(OC(F)F)c(F)c2)c1. The summed E-state index contributed by atoms with van der Waals surface area (Å²) in [4.78, 5) is 0.678. The zero-order valence-corrected chi connectivity index (χ0v) is 12.5. The van der Waals surface area contributed by atoms with E-state index in [4.69, 9.17) is 0 Å².